The quantitative estimate of drug-likeness (QED) is 0.865. The maximum Gasteiger partial charge on any atom is 0.119 e. The summed E-state index contributed by atoms with van der Waals surface area (Å²) in [6.45, 7) is 6.68. The van der Waals surface area contributed by atoms with E-state index in [1.165, 1.54) is 11.1 Å². The van der Waals surface area contributed by atoms with Crippen LogP contribution in [0.15, 0.2) is 18.2 Å². The van der Waals surface area contributed by atoms with Crippen molar-refractivity contribution in [3.8, 4) is 5.75 Å². The zero-order chi connectivity index (χ0) is 13.1. The molecule has 3 nitrogen and oxygen atoms in total. The number of hydrogen-bond donors (Lipinski definition) is 1. The molecule has 2 atom stereocenters. The Morgan fingerprint density at radius 2 is 2.06 bits per heavy atom. The van der Waals surface area contributed by atoms with Gasteiger partial charge in [-0.25, -0.2) is 0 Å². The van der Waals surface area contributed by atoms with Crippen LogP contribution in [-0.2, 0) is 6.42 Å². The number of nitrogens with zero attached hydrogens (tertiary/aromatic N) is 1. The van der Waals surface area contributed by atoms with Crippen molar-refractivity contribution in [3.63, 3.8) is 0 Å². The molecule has 0 radical (unpaired) electrons. The smallest absolute Gasteiger partial charge is 0.119 e. The van der Waals surface area contributed by atoms with Crippen LogP contribution in [0.25, 0.3) is 0 Å². The third-order valence-electron chi connectivity index (χ3n) is 4.09. The van der Waals surface area contributed by atoms with Gasteiger partial charge in [-0.2, -0.15) is 0 Å². The number of methoxy groups -OCH3 is 1. The van der Waals surface area contributed by atoms with Gasteiger partial charge in [-0.1, -0.05) is 19.9 Å². The normalized spacial score (nSPS) is 22.3. The molecule has 1 aliphatic rings. The Labute approximate surface area is 110 Å². The maximum absolute atomic E-state index is 5.34. The predicted molar refractivity (Wildman–Crippen MR) is 75.2 cm³/mol. The van der Waals surface area contributed by atoms with Gasteiger partial charge in [0.05, 0.1) is 7.11 Å². The molecule has 1 N–H and O–H groups in total. The van der Waals surface area contributed by atoms with E-state index in [4.69, 9.17) is 4.74 Å². The van der Waals surface area contributed by atoms with E-state index in [0.717, 1.165) is 25.3 Å². The van der Waals surface area contributed by atoms with Gasteiger partial charge >= 0.3 is 0 Å². The van der Waals surface area contributed by atoms with Crippen LogP contribution in [0.1, 0.15) is 31.0 Å². The minimum Gasteiger partial charge on any atom is -0.497 e. The van der Waals surface area contributed by atoms with Crippen LogP contribution in [0, 0.1) is 0 Å². The van der Waals surface area contributed by atoms with Gasteiger partial charge in [-0.15, -0.1) is 0 Å². The number of rotatable bonds is 5. The monoisotopic (exact) mass is 248 g/mol. The molecular weight excluding hydrogens is 224 g/mol. The molecule has 3 heteroatoms. The molecular formula is C15H24N2O. The van der Waals surface area contributed by atoms with E-state index in [1.54, 1.807) is 7.11 Å². The number of ether oxygens (including phenoxy) is 1. The molecule has 0 spiro atoms. The summed E-state index contributed by atoms with van der Waals surface area (Å²) >= 11 is 0. The van der Waals surface area contributed by atoms with Gasteiger partial charge in [0.1, 0.15) is 5.75 Å². The van der Waals surface area contributed by atoms with Crippen LogP contribution in [0.4, 0.5) is 0 Å². The third kappa shape index (κ3) is 2.25. The van der Waals surface area contributed by atoms with E-state index in [0.29, 0.717) is 12.1 Å². The first-order valence-electron chi connectivity index (χ1n) is 6.83. The summed E-state index contributed by atoms with van der Waals surface area (Å²) in [7, 11) is 3.78. The minimum atomic E-state index is 0.412. The molecule has 1 aliphatic carbocycles. The van der Waals surface area contributed by atoms with Gasteiger partial charge < -0.3 is 10.1 Å². The van der Waals surface area contributed by atoms with Crippen LogP contribution in [0.2, 0.25) is 0 Å². The summed E-state index contributed by atoms with van der Waals surface area (Å²) in [6, 6.07) is 7.43. The summed E-state index contributed by atoms with van der Waals surface area (Å²) < 4.78 is 5.34. The molecule has 1 aromatic carbocycles. The number of benzene rings is 1. The summed E-state index contributed by atoms with van der Waals surface area (Å²) in [4.78, 5) is 2.54. The lowest BCUT2D eigenvalue weighted by molar-refractivity contribution is 0.187. The Hall–Kier alpha value is -1.06. The fraction of sp³-hybridized carbons (Fsp3) is 0.600. The van der Waals surface area contributed by atoms with E-state index >= 15 is 0 Å². The first-order chi connectivity index (χ1) is 8.74. The average molecular weight is 248 g/mol. The van der Waals surface area contributed by atoms with Crippen molar-refractivity contribution in [1.29, 1.82) is 0 Å². The Balaban J connectivity index is 2.30. The summed E-state index contributed by atoms with van der Waals surface area (Å²) in [5.74, 6) is 0.953. The van der Waals surface area contributed by atoms with Crippen molar-refractivity contribution in [1.82, 2.24) is 10.2 Å². The van der Waals surface area contributed by atoms with Crippen LogP contribution >= 0.6 is 0 Å². The zero-order valence-electron chi connectivity index (χ0n) is 11.9. The van der Waals surface area contributed by atoms with Crippen molar-refractivity contribution in [2.75, 3.05) is 27.2 Å². The highest BCUT2D eigenvalue weighted by Crippen LogP contribution is 2.36. The summed E-state index contributed by atoms with van der Waals surface area (Å²) in [6.07, 6.45) is 1.13. The topological polar surface area (TPSA) is 24.5 Å². The van der Waals surface area contributed by atoms with Crippen LogP contribution in [0.3, 0.4) is 0 Å². The average Bonchev–Trinajstić information content (AvgIpc) is 2.77. The van der Waals surface area contributed by atoms with Crippen molar-refractivity contribution in [2.24, 2.45) is 0 Å². The Morgan fingerprint density at radius 3 is 2.61 bits per heavy atom. The highest BCUT2D eigenvalue weighted by molar-refractivity contribution is 5.42. The summed E-state index contributed by atoms with van der Waals surface area (Å²) in [5, 5.41) is 3.47. The van der Waals surface area contributed by atoms with Gasteiger partial charge in [0.2, 0.25) is 0 Å². The van der Waals surface area contributed by atoms with E-state index in [9.17, 15) is 0 Å². The second kappa shape index (κ2) is 5.72. The fourth-order valence-corrected chi connectivity index (χ4v) is 3.11. The highest BCUT2D eigenvalue weighted by atomic mass is 16.5. The van der Waals surface area contributed by atoms with Crippen LogP contribution in [-0.4, -0.2) is 38.2 Å². The van der Waals surface area contributed by atoms with Crippen LogP contribution < -0.4 is 10.1 Å². The number of fused-ring (bicyclic) bond motifs is 1. The molecule has 0 bridgehead atoms. The van der Waals surface area contributed by atoms with Gasteiger partial charge in [0.15, 0.2) is 0 Å². The molecule has 0 aromatic heterocycles. The minimum absolute atomic E-state index is 0.412. The number of nitrogens with one attached hydrogen (secondary N) is 1. The lowest BCUT2D eigenvalue weighted by atomic mass is 10.1. The first-order valence-corrected chi connectivity index (χ1v) is 6.83. The van der Waals surface area contributed by atoms with E-state index < -0.39 is 0 Å². The molecule has 1 aromatic rings. The second-order valence-corrected chi connectivity index (χ2v) is 4.82. The standard InChI is InChI=1S/C15H24N2O/c1-5-17(6-2)14-9-11-7-8-12(18-4)10-13(11)15(14)16-3/h7-8,10,14-16H,5-6,9H2,1-4H3. The first kappa shape index (κ1) is 13.4. The predicted octanol–water partition coefficient (Wildman–Crippen LogP) is 2.22. The van der Waals surface area contributed by atoms with Crippen LogP contribution in [0.5, 0.6) is 5.75 Å². The lowest BCUT2D eigenvalue weighted by Gasteiger charge is -2.31. The lowest BCUT2D eigenvalue weighted by Crippen LogP contribution is -2.41. The van der Waals surface area contributed by atoms with Crippen molar-refractivity contribution in [2.45, 2.75) is 32.4 Å². The molecule has 0 saturated carbocycles. The zero-order valence-corrected chi connectivity index (χ0v) is 11.9. The molecule has 18 heavy (non-hydrogen) atoms. The van der Waals surface area contributed by atoms with Crippen molar-refractivity contribution < 1.29 is 4.74 Å². The largest absolute Gasteiger partial charge is 0.497 e. The molecule has 0 saturated heterocycles. The number of likely N-dealkylation sites (N-methyl/N-ethyl adjacent to an activating group) is 2. The van der Waals surface area contributed by atoms with Crippen molar-refractivity contribution >= 4 is 0 Å². The summed E-state index contributed by atoms with van der Waals surface area (Å²) in [5.41, 5.74) is 2.85. The molecule has 0 fully saturated rings. The van der Waals surface area contributed by atoms with Gasteiger partial charge in [0.25, 0.3) is 0 Å². The molecule has 0 amide bonds. The fourth-order valence-electron chi connectivity index (χ4n) is 3.11. The van der Waals surface area contributed by atoms with Gasteiger partial charge in [-0.05, 0) is 49.8 Å². The maximum atomic E-state index is 5.34. The molecule has 0 heterocycles. The Kier molecular flexibility index (Phi) is 4.25. The molecule has 2 unspecified atom stereocenters. The van der Waals surface area contributed by atoms with Gasteiger partial charge in [-0.3, -0.25) is 4.90 Å². The Bertz CT molecular complexity index is 401. The second-order valence-electron chi connectivity index (χ2n) is 4.82. The molecule has 0 aliphatic heterocycles. The number of hydrogen-bond acceptors (Lipinski definition) is 3. The Morgan fingerprint density at radius 1 is 1.33 bits per heavy atom. The molecule has 2 rings (SSSR count). The van der Waals surface area contributed by atoms with E-state index in [1.807, 2.05) is 0 Å². The van der Waals surface area contributed by atoms with Gasteiger partial charge in [0, 0.05) is 12.1 Å². The highest BCUT2D eigenvalue weighted by Gasteiger charge is 2.34. The molecule has 100 valence electrons. The third-order valence-corrected chi connectivity index (χ3v) is 4.09. The SMILES string of the molecule is CCN(CC)C1Cc2ccc(OC)cc2C1NC. The van der Waals surface area contributed by atoms with E-state index in [2.05, 4.69) is 49.3 Å². The van der Waals surface area contributed by atoms with E-state index in [-0.39, 0.29) is 0 Å². The van der Waals surface area contributed by atoms with Crippen molar-refractivity contribution in [3.05, 3.63) is 29.3 Å².